The molecule has 1 aromatic heterocycles. The van der Waals surface area contributed by atoms with Crippen LogP contribution in [0.25, 0.3) is 0 Å². The number of esters is 1. The van der Waals surface area contributed by atoms with E-state index in [1.54, 1.807) is 27.8 Å². The van der Waals surface area contributed by atoms with Gasteiger partial charge in [-0.15, -0.1) is 0 Å². The van der Waals surface area contributed by atoms with Gasteiger partial charge in [-0.05, 0) is 20.8 Å². The van der Waals surface area contributed by atoms with Crippen LogP contribution < -0.4 is 5.32 Å². The number of aromatic nitrogens is 2. The molecule has 0 amide bonds. The highest BCUT2D eigenvalue weighted by Crippen LogP contribution is 2.37. The van der Waals surface area contributed by atoms with Crippen molar-refractivity contribution in [2.24, 2.45) is 13.0 Å². The van der Waals surface area contributed by atoms with Crippen LogP contribution in [-0.2, 0) is 23.0 Å². The lowest BCUT2D eigenvalue weighted by Gasteiger charge is -2.34. The molecule has 0 aliphatic carbocycles. The zero-order valence-corrected chi connectivity index (χ0v) is 12.3. The Morgan fingerprint density at radius 3 is 2.57 bits per heavy atom. The molecule has 1 N–H and O–H groups in total. The standard InChI is InChI=1S/C13H18F3N3O2/c1-12(2,3)21-11(20)7-5-9-8(6-17-19(9)4)18-10(7)13(14,15)16/h6-7,10,18H,5H2,1-4H3/t7-,10-/m0/s1. The first-order chi connectivity index (χ1) is 9.49. The molecule has 2 heterocycles. The normalized spacial score (nSPS) is 22.4. The molecule has 5 nitrogen and oxygen atoms in total. The molecule has 8 heteroatoms. The molecule has 0 spiro atoms. The molecule has 21 heavy (non-hydrogen) atoms. The van der Waals surface area contributed by atoms with Crippen LogP contribution in [0.2, 0.25) is 0 Å². The van der Waals surface area contributed by atoms with Crippen molar-refractivity contribution in [1.82, 2.24) is 9.78 Å². The maximum Gasteiger partial charge on any atom is 0.409 e. The van der Waals surface area contributed by atoms with Crippen molar-refractivity contribution < 1.29 is 22.7 Å². The van der Waals surface area contributed by atoms with Gasteiger partial charge in [-0.2, -0.15) is 18.3 Å². The number of carbonyl (C=O) groups excluding carboxylic acids is 1. The van der Waals surface area contributed by atoms with Crippen LogP contribution >= 0.6 is 0 Å². The molecular formula is C13H18F3N3O2. The highest BCUT2D eigenvalue weighted by atomic mass is 19.4. The number of halogens is 3. The molecular weight excluding hydrogens is 287 g/mol. The average Bonchev–Trinajstić information content (AvgIpc) is 2.66. The maximum atomic E-state index is 13.2. The summed E-state index contributed by atoms with van der Waals surface area (Å²) in [5, 5.41) is 6.28. The lowest BCUT2D eigenvalue weighted by Crippen LogP contribution is -2.50. The van der Waals surface area contributed by atoms with Crippen molar-refractivity contribution in [1.29, 1.82) is 0 Å². The predicted octanol–water partition coefficient (Wildman–Crippen LogP) is 2.28. The van der Waals surface area contributed by atoms with Gasteiger partial charge in [-0.1, -0.05) is 0 Å². The fraction of sp³-hybridized carbons (Fsp3) is 0.692. The van der Waals surface area contributed by atoms with Gasteiger partial charge < -0.3 is 10.1 Å². The van der Waals surface area contributed by atoms with E-state index in [4.69, 9.17) is 4.74 Å². The van der Waals surface area contributed by atoms with Gasteiger partial charge in [-0.3, -0.25) is 9.48 Å². The summed E-state index contributed by atoms with van der Waals surface area (Å²) in [5.41, 5.74) is 0.0333. The predicted molar refractivity (Wildman–Crippen MR) is 69.7 cm³/mol. The Morgan fingerprint density at radius 2 is 2.05 bits per heavy atom. The van der Waals surface area contributed by atoms with Gasteiger partial charge in [0.15, 0.2) is 0 Å². The summed E-state index contributed by atoms with van der Waals surface area (Å²) in [6, 6.07) is -1.97. The van der Waals surface area contributed by atoms with E-state index in [0.717, 1.165) is 0 Å². The van der Waals surface area contributed by atoms with Crippen molar-refractivity contribution in [3.05, 3.63) is 11.9 Å². The lowest BCUT2D eigenvalue weighted by atomic mass is 9.89. The third-order valence-corrected chi connectivity index (χ3v) is 3.25. The monoisotopic (exact) mass is 305 g/mol. The number of anilines is 1. The number of carbonyl (C=O) groups is 1. The van der Waals surface area contributed by atoms with Crippen LogP contribution in [0.4, 0.5) is 18.9 Å². The van der Waals surface area contributed by atoms with Gasteiger partial charge in [0, 0.05) is 13.5 Å². The van der Waals surface area contributed by atoms with Crippen LogP contribution in [0.3, 0.4) is 0 Å². The Morgan fingerprint density at radius 1 is 1.43 bits per heavy atom. The number of aryl methyl sites for hydroxylation is 1. The third-order valence-electron chi connectivity index (χ3n) is 3.25. The van der Waals surface area contributed by atoms with Gasteiger partial charge >= 0.3 is 12.1 Å². The number of ether oxygens (including phenoxy) is 1. The second kappa shape index (κ2) is 4.92. The zero-order valence-electron chi connectivity index (χ0n) is 12.3. The molecule has 1 aromatic rings. The number of alkyl halides is 3. The highest BCUT2D eigenvalue weighted by Gasteiger charge is 2.51. The molecule has 0 radical (unpaired) electrons. The fourth-order valence-corrected chi connectivity index (χ4v) is 2.33. The van der Waals surface area contributed by atoms with Crippen molar-refractivity contribution in [3.8, 4) is 0 Å². The van der Waals surface area contributed by atoms with Gasteiger partial charge in [-0.25, -0.2) is 0 Å². The number of nitrogens with zero attached hydrogens (tertiary/aromatic N) is 2. The fourth-order valence-electron chi connectivity index (χ4n) is 2.33. The Balaban J connectivity index is 2.32. The summed E-state index contributed by atoms with van der Waals surface area (Å²) < 4.78 is 46.2. The molecule has 2 rings (SSSR count). The Kier molecular flexibility index (Phi) is 3.67. The minimum absolute atomic E-state index is 0.0576. The van der Waals surface area contributed by atoms with E-state index in [1.165, 1.54) is 10.9 Å². The number of hydrogen-bond donors (Lipinski definition) is 1. The van der Waals surface area contributed by atoms with Crippen LogP contribution in [0.1, 0.15) is 26.5 Å². The van der Waals surface area contributed by atoms with Gasteiger partial charge in [0.1, 0.15) is 11.6 Å². The quantitative estimate of drug-likeness (QED) is 0.809. The van der Waals surface area contributed by atoms with E-state index in [-0.39, 0.29) is 6.42 Å². The van der Waals surface area contributed by atoms with Crippen molar-refractivity contribution in [2.75, 3.05) is 5.32 Å². The molecule has 0 saturated heterocycles. The summed E-state index contributed by atoms with van der Waals surface area (Å²) in [4.78, 5) is 12.1. The van der Waals surface area contributed by atoms with E-state index in [1.807, 2.05) is 0 Å². The molecule has 1 aliphatic rings. The van der Waals surface area contributed by atoms with E-state index >= 15 is 0 Å². The SMILES string of the molecule is Cn1ncc2c1C[C@H](C(=O)OC(C)(C)C)[C@@H](C(F)(F)F)N2. The molecule has 118 valence electrons. The molecule has 0 unspecified atom stereocenters. The Hall–Kier alpha value is -1.73. The van der Waals surface area contributed by atoms with E-state index in [0.29, 0.717) is 11.4 Å². The lowest BCUT2D eigenvalue weighted by molar-refractivity contribution is -0.180. The summed E-state index contributed by atoms with van der Waals surface area (Å²) in [6.07, 6.45) is -3.27. The summed E-state index contributed by atoms with van der Waals surface area (Å²) >= 11 is 0. The Labute approximate surface area is 120 Å². The third kappa shape index (κ3) is 3.30. The highest BCUT2D eigenvalue weighted by molar-refractivity contribution is 5.76. The van der Waals surface area contributed by atoms with Gasteiger partial charge in [0.2, 0.25) is 0 Å². The second-order valence-corrected chi connectivity index (χ2v) is 6.14. The first-order valence-corrected chi connectivity index (χ1v) is 6.56. The second-order valence-electron chi connectivity index (χ2n) is 6.14. The average molecular weight is 305 g/mol. The molecule has 2 atom stereocenters. The number of hydrogen-bond acceptors (Lipinski definition) is 4. The topological polar surface area (TPSA) is 56.2 Å². The molecule has 0 fully saturated rings. The van der Waals surface area contributed by atoms with E-state index < -0.39 is 29.7 Å². The maximum absolute atomic E-state index is 13.2. The van der Waals surface area contributed by atoms with Crippen LogP contribution in [0.15, 0.2) is 6.20 Å². The van der Waals surface area contributed by atoms with Crippen LogP contribution in [0.5, 0.6) is 0 Å². The zero-order chi connectivity index (χ0) is 16.0. The number of nitrogens with one attached hydrogen (secondary N) is 1. The summed E-state index contributed by atoms with van der Waals surface area (Å²) in [5.74, 6) is -2.18. The summed E-state index contributed by atoms with van der Waals surface area (Å²) in [7, 11) is 1.63. The smallest absolute Gasteiger partial charge is 0.409 e. The summed E-state index contributed by atoms with van der Waals surface area (Å²) in [6.45, 7) is 4.87. The first kappa shape index (κ1) is 15.7. The van der Waals surface area contributed by atoms with E-state index in [9.17, 15) is 18.0 Å². The van der Waals surface area contributed by atoms with Crippen molar-refractivity contribution in [3.63, 3.8) is 0 Å². The van der Waals surface area contributed by atoms with Crippen molar-refractivity contribution >= 4 is 11.7 Å². The number of fused-ring (bicyclic) bond motifs is 1. The van der Waals surface area contributed by atoms with E-state index in [2.05, 4.69) is 10.4 Å². The number of rotatable bonds is 1. The van der Waals surface area contributed by atoms with Gasteiger partial charge in [0.05, 0.1) is 23.5 Å². The largest absolute Gasteiger partial charge is 0.460 e. The van der Waals surface area contributed by atoms with Gasteiger partial charge in [0.25, 0.3) is 0 Å². The molecule has 0 bridgehead atoms. The first-order valence-electron chi connectivity index (χ1n) is 6.56. The molecule has 0 aromatic carbocycles. The minimum Gasteiger partial charge on any atom is -0.460 e. The van der Waals surface area contributed by atoms with Crippen molar-refractivity contribution in [2.45, 2.75) is 45.0 Å². The minimum atomic E-state index is -4.55. The molecule has 1 aliphatic heterocycles. The Bertz CT molecular complexity index is 546. The molecule has 0 saturated carbocycles. The van der Waals surface area contributed by atoms with Crippen LogP contribution in [-0.4, -0.2) is 33.6 Å². The van der Waals surface area contributed by atoms with Crippen LogP contribution in [0, 0.1) is 5.92 Å².